The van der Waals surface area contributed by atoms with Crippen molar-refractivity contribution in [3.8, 4) is 28.0 Å². The Bertz CT molecular complexity index is 1450. The molecule has 0 spiro atoms. The van der Waals surface area contributed by atoms with Crippen molar-refractivity contribution in [1.29, 1.82) is 0 Å². The number of ether oxygens (including phenoxy) is 2. The monoisotopic (exact) mass is 554 g/mol. The van der Waals surface area contributed by atoms with Gasteiger partial charge in [-0.3, -0.25) is 9.48 Å². The maximum Gasteiger partial charge on any atom is 0.255 e. The summed E-state index contributed by atoms with van der Waals surface area (Å²) >= 11 is 0. The van der Waals surface area contributed by atoms with Gasteiger partial charge in [0, 0.05) is 37.1 Å². The number of aryl methyl sites for hydroxylation is 1. The van der Waals surface area contributed by atoms with Crippen LogP contribution in [0.1, 0.15) is 35.2 Å². The third-order valence-corrected chi connectivity index (χ3v) is 7.38. The lowest BCUT2D eigenvalue weighted by Gasteiger charge is -2.22. The summed E-state index contributed by atoms with van der Waals surface area (Å²) < 4.78 is 13.8. The van der Waals surface area contributed by atoms with Gasteiger partial charge in [0.05, 0.1) is 30.5 Å². The van der Waals surface area contributed by atoms with Crippen molar-refractivity contribution < 1.29 is 14.3 Å². The highest BCUT2D eigenvalue weighted by Gasteiger charge is 2.30. The second kappa shape index (κ2) is 13.0. The maximum atomic E-state index is 13.2. The van der Waals surface area contributed by atoms with E-state index in [1.165, 1.54) is 0 Å². The number of amides is 1. The van der Waals surface area contributed by atoms with Gasteiger partial charge in [0.15, 0.2) is 0 Å². The molecule has 2 atom stereocenters. The van der Waals surface area contributed by atoms with Crippen LogP contribution in [0.2, 0.25) is 0 Å². The zero-order valence-corrected chi connectivity index (χ0v) is 23.9. The highest BCUT2D eigenvalue weighted by Crippen LogP contribution is 2.27. The Kier molecular flexibility index (Phi) is 8.96. The van der Waals surface area contributed by atoms with E-state index in [4.69, 9.17) is 15.2 Å². The first kappa shape index (κ1) is 28.3. The second-order valence-corrected chi connectivity index (χ2v) is 10.8. The smallest absolute Gasteiger partial charge is 0.255 e. The summed E-state index contributed by atoms with van der Waals surface area (Å²) in [6, 6.07) is 18.3. The quantitative estimate of drug-likeness (QED) is 0.280. The molecule has 0 unspecified atom stereocenters. The molecule has 2 heterocycles. The van der Waals surface area contributed by atoms with Crippen molar-refractivity contribution in [2.24, 2.45) is 7.05 Å². The Balaban J connectivity index is 1.15. The van der Waals surface area contributed by atoms with Gasteiger partial charge >= 0.3 is 0 Å². The zero-order chi connectivity index (χ0) is 28.8. The minimum absolute atomic E-state index is 0.0608. The number of nitrogens with one attached hydrogen (secondary N) is 1. The van der Waals surface area contributed by atoms with Crippen molar-refractivity contribution in [2.45, 2.75) is 38.0 Å². The summed E-state index contributed by atoms with van der Waals surface area (Å²) in [5.41, 5.74) is 11.5. The minimum Gasteiger partial charge on any atom is -0.492 e. The van der Waals surface area contributed by atoms with Crippen LogP contribution in [0.4, 0.5) is 5.82 Å². The van der Waals surface area contributed by atoms with Crippen LogP contribution in [0.3, 0.4) is 0 Å². The third kappa shape index (κ3) is 7.31. The first-order valence-corrected chi connectivity index (χ1v) is 14.0. The molecule has 2 aromatic carbocycles. The number of carbonyl (C=O) groups excluding carboxylic acids is 1. The molecule has 1 saturated carbocycles. The summed E-state index contributed by atoms with van der Waals surface area (Å²) in [7, 11) is 5.91. The topological polar surface area (TPSA) is 108 Å². The van der Waals surface area contributed by atoms with Crippen molar-refractivity contribution >= 4 is 11.7 Å². The van der Waals surface area contributed by atoms with E-state index >= 15 is 0 Å². The van der Waals surface area contributed by atoms with Crippen molar-refractivity contribution in [2.75, 3.05) is 33.0 Å². The van der Waals surface area contributed by atoms with Crippen LogP contribution < -0.4 is 15.8 Å². The number of nitrogen functional groups attached to an aromatic ring is 1. The van der Waals surface area contributed by atoms with E-state index in [1.807, 2.05) is 39.5 Å². The van der Waals surface area contributed by atoms with E-state index in [0.717, 1.165) is 59.4 Å². The average Bonchev–Trinajstić information content (AvgIpc) is 3.61. The van der Waals surface area contributed by atoms with E-state index in [-0.39, 0.29) is 23.9 Å². The SMILES string of the molecule is CN(C)CCOc1ccc(-c2ccc(CO[C@H]3CCC[C@@H]3NC(=O)c3cc(-c4cnn(C)c4)cnc3N)cc2)cc1. The van der Waals surface area contributed by atoms with E-state index in [2.05, 4.69) is 56.7 Å². The van der Waals surface area contributed by atoms with Gasteiger partial charge in [-0.1, -0.05) is 36.4 Å². The predicted molar refractivity (Wildman–Crippen MR) is 160 cm³/mol. The van der Waals surface area contributed by atoms with Crippen molar-refractivity contribution in [1.82, 2.24) is 25.0 Å². The van der Waals surface area contributed by atoms with Crippen LogP contribution in [-0.4, -0.2) is 65.0 Å². The molecule has 1 aliphatic carbocycles. The molecule has 0 radical (unpaired) electrons. The molecule has 0 bridgehead atoms. The van der Waals surface area contributed by atoms with Gasteiger partial charge in [-0.15, -0.1) is 0 Å². The number of nitrogens with zero attached hydrogens (tertiary/aromatic N) is 4. The van der Waals surface area contributed by atoms with Crippen LogP contribution in [0.15, 0.2) is 73.2 Å². The number of anilines is 1. The summed E-state index contributed by atoms with van der Waals surface area (Å²) in [5.74, 6) is 0.843. The number of pyridine rings is 1. The Labute approximate surface area is 241 Å². The summed E-state index contributed by atoms with van der Waals surface area (Å²) in [5, 5.41) is 7.34. The fourth-order valence-electron chi connectivity index (χ4n) is 5.01. The summed E-state index contributed by atoms with van der Waals surface area (Å²) in [6.45, 7) is 2.03. The lowest BCUT2D eigenvalue weighted by molar-refractivity contribution is 0.0272. The molecule has 1 fully saturated rings. The van der Waals surface area contributed by atoms with Gasteiger partial charge in [-0.25, -0.2) is 4.98 Å². The van der Waals surface area contributed by atoms with Gasteiger partial charge in [0.1, 0.15) is 18.2 Å². The van der Waals surface area contributed by atoms with Gasteiger partial charge < -0.3 is 25.4 Å². The Morgan fingerprint density at radius 1 is 1.02 bits per heavy atom. The molecule has 3 N–H and O–H groups in total. The number of hydrogen-bond acceptors (Lipinski definition) is 7. The molecule has 0 aliphatic heterocycles. The molecule has 41 heavy (non-hydrogen) atoms. The predicted octanol–water partition coefficient (Wildman–Crippen LogP) is 4.54. The van der Waals surface area contributed by atoms with Gasteiger partial charge in [0.2, 0.25) is 0 Å². The van der Waals surface area contributed by atoms with Crippen LogP contribution in [0.5, 0.6) is 5.75 Å². The second-order valence-electron chi connectivity index (χ2n) is 10.8. The molecular formula is C32H38N6O3. The standard InChI is InChI=1S/C32H38N6O3/c1-37(2)15-16-40-27-13-11-24(12-14-27)23-9-7-22(8-10-23)21-41-30-6-4-5-29(30)36-32(39)28-17-25(18-34-31(28)33)26-19-35-38(3)20-26/h7-14,17-20,29-30H,4-6,15-16,21H2,1-3H3,(H2,33,34)(H,36,39)/t29-,30-/m0/s1. The van der Waals surface area contributed by atoms with E-state index in [9.17, 15) is 4.79 Å². The lowest BCUT2D eigenvalue weighted by atomic mass is 10.0. The van der Waals surface area contributed by atoms with Crippen molar-refractivity contribution in [3.63, 3.8) is 0 Å². The number of carbonyl (C=O) groups is 1. The molecule has 1 aliphatic rings. The average molecular weight is 555 g/mol. The number of hydrogen-bond donors (Lipinski definition) is 2. The molecule has 2 aromatic heterocycles. The van der Waals surface area contributed by atoms with E-state index in [0.29, 0.717) is 18.8 Å². The molecule has 214 valence electrons. The first-order valence-electron chi connectivity index (χ1n) is 14.0. The fourth-order valence-corrected chi connectivity index (χ4v) is 5.01. The largest absolute Gasteiger partial charge is 0.492 e. The highest BCUT2D eigenvalue weighted by atomic mass is 16.5. The molecular weight excluding hydrogens is 516 g/mol. The van der Waals surface area contributed by atoms with Gasteiger partial charge in [0.25, 0.3) is 5.91 Å². The molecule has 5 rings (SSSR count). The lowest BCUT2D eigenvalue weighted by Crippen LogP contribution is -2.41. The Morgan fingerprint density at radius 3 is 2.44 bits per heavy atom. The van der Waals surface area contributed by atoms with Gasteiger partial charge in [-0.05, 0) is 68.2 Å². The number of likely N-dealkylation sites (N-methyl/N-ethyl adjacent to an activating group) is 1. The van der Waals surface area contributed by atoms with Crippen LogP contribution >= 0.6 is 0 Å². The number of nitrogens with two attached hydrogens (primary N) is 1. The normalized spacial score (nSPS) is 16.7. The van der Waals surface area contributed by atoms with Crippen LogP contribution in [0, 0.1) is 0 Å². The first-order chi connectivity index (χ1) is 19.9. The summed E-state index contributed by atoms with van der Waals surface area (Å²) in [4.78, 5) is 19.5. The molecule has 9 heteroatoms. The van der Waals surface area contributed by atoms with Crippen LogP contribution in [0.25, 0.3) is 22.3 Å². The minimum atomic E-state index is -0.236. The Morgan fingerprint density at radius 2 is 1.76 bits per heavy atom. The van der Waals surface area contributed by atoms with E-state index in [1.54, 1.807) is 23.1 Å². The maximum absolute atomic E-state index is 13.2. The molecule has 9 nitrogen and oxygen atoms in total. The molecule has 0 saturated heterocycles. The van der Waals surface area contributed by atoms with E-state index < -0.39 is 0 Å². The highest BCUT2D eigenvalue weighted by molar-refractivity contribution is 5.99. The third-order valence-electron chi connectivity index (χ3n) is 7.38. The number of aromatic nitrogens is 3. The number of rotatable bonds is 11. The Hall–Kier alpha value is -4.21. The zero-order valence-electron chi connectivity index (χ0n) is 23.9. The van der Waals surface area contributed by atoms with Crippen LogP contribution in [-0.2, 0) is 18.4 Å². The summed E-state index contributed by atoms with van der Waals surface area (Å²) in [6.07, 6.45) is 7.96. The fraction of sp³-hybridized carbons (Fsp3) is 0.344. The molecule has 1 amide bonds. The number of benzene rings is 2. The van der Waals surface area contributed by atoms with Gasteiger partial charge in [-0.2, -0.15) is 5.10 Å². The molecule has 4 aromatic rings. The van der Waals surface area contributed by atoms with Crippen molar-refractivity contribution in [3.05, 3.63) is 84.3 Å².